The Hall–Kier alpha value is -0.770. The minimum Gasteiger partial charge on any atom is -0.378 e. The first kappa shape index (κ1) is 11.7. The van der Waals surface area contributed by atoms with E-state index in [1.807, 2.05) is 13.1 Å². The lowest BCUT2D eigenvalue weighted by Gasteiger charge is -2.29. The van der Waals surface area contributed by atoms with Crippen molar-refractivity contribution in [1.82, 2.24) is 5.32 Å². The quantitative estimate of drug-likeness (QED) is 0.874. The topological polar surface area (TPSA) is 24.5 Å². The van der Waals surface area contributed by atoms with Gasteiger partial charge < -0.3 is 15.0 Å². The van der Waals surface area contributed by atoms with E-state index in [2.05, 4.69) is 22.3 Å². The summed E-state index contributed by atoms with van der Waals surface area (Å²) >= 11 is 6.29. The molecule has 1 aliphatic rings. The van der Waals surface area contributed by atoms with Crippen molar-refractivity contribution >= 4 is 17.3 Å². The number of morpholine rings is 1. The van der Waals surface area contributed by atoms with E-state index < -0.39 is 0 Å². The van der Waals surface area contributed by atoms with Gasteiger partial charge in [-0.15, -0.1) is 0 Å². The molecule has 3 nitrogen and oxygen atoms in total. The number of rotatable bonds is 3. The summed E-state index contributed by atoms with van der Waals surface area (Å²) in [5.41, 5.74) is 2.33. The molecular formula is C12H17ClN2O. The van der Waals surface area contributed by atoms with Crippen molar-refractivity contribution in [3.05, 3.63) is 28.8 Å². The zero-order valence-electron chi connectivity index (χ0n) is 9.50. The Morgan fingerprint density at radius 3 is 2.75 bits per heavy atom. The van der Waals surface area contributed by atoms with Crippen molar-refractivity contribution in [2.75, 3.05) is 38.3 Å². The molecule has 1 N–H and O–H groups in total. The van der Waals surface area contributed by atoms with Gasteiger partial charge in [-0.05, 0) is 24.7 Å². The van der Waals surface area contributed by atoms with E-state index in [-0.39, 0.29) is 0 Å². The standard InChI is InChI=1S/C12H17ClN2O/c1-14-9-10-2-3-12(11(13)8-10)15-4-6-16-7-5-15/h2-3,8,14H,4-7,9H2,1H3. The third-order valence-corrected chi connectivity index (χ3v) is 3.05. The van der Waals surface area contributed by atoms with E-state index in [0.717, 1.165) is 43.6 Å². The van der Waals surface area contributed by atoms with Crippen LogP contribution in [0.4, 0.5) is 5.69 Å². The van der Waals surface area contributed by atoms with E-state index in [4.69, 9.17) is 16.3 Å². The maximum absolute atomic E-state index is 6.29. The minimum atomic E-state index is 0.786. The van der Waals surface area contributed by atoms with Gasteiger partial charge in [-0.3, -0.25) is 0 Å². The molecule has 0 atom stereocenters. The molecular weight excluding hydrogens is 224 g/mol. The Morgan fingerprint density at radius 1 is 1.38 bits per heavy atom. The highest BCUT2D eigenvalue weighted by molar-refractivity contribution is 6.33. The third-order valence-electron chi connectivity index (χ3n) is 2.74. The molecule has 0 spiro atoms. The fourth-order valence-electron chi connectivity index (χ4n) is 1.93. The molecule has 0 amide bonds. The number of ether oxygens (including phenoxy) is 1. The summed E-state index contributed by atoms with van der Waals surface area (Å²) in [6.07, 6.45) is 0. The smallest absolute Gasteiger partial charge is 0.0642 e. The minimum absolute atomic E-state index is 0.786. The molecule has 0 saturated carbocycles. The van der Waals surface area contributed by atoms with Gasteiger partial charge in [0.05, 0.1) is 23.9 Å². The predicted octanol–water partition coefficient (Wildman–Crippen LogP) is 1.90. The first-order valence-corrected chi connectivity index (χ1v) is 5.95. The second-order valence-electron chi connectivity index (χ2n) is 3.92. The number of anilines is 1. The summed E-state index contributed by atoms with van der Waals surface area (Å²) in [6.45, 7) is 4.27. The number of halogens is 1. The highest BCUT2D eigenvalue weighted by Gasteiger charge is 2.13. The van der Waals surface area contributed by atoms with E-state index >= 15 is 0 Å². The molecule has 0 aromatic heterocycles. The molecule has 0 radical (unpaired) electrons. The van der Waals surface area contributed by atoms with Crippen LogP contribution in [0.1, 0.15) is 5.56 Å². The van der Waals surface area contributed by atoms with Crippen molar-refractivity contribution < 1.29 is 4.74 Å². The van der Waals surface area contributed by atoms with Gasteiger partial charge in [0.1, 0.15) is 0 Å². The highest BCUT2D eigenvalue weighted by Crippen LogP contribution is 2.27. The van der Waals surface area contributed by atoms with Crippen LogP contribution in [0.5, 0.6) is 0 Å². The van der Waals surface area contributed by atoms with Crippen molar-refractivity contribution in [2.45, 2.75) is 6.54 Å². The summed E-state index contributed by atoms with van der Waals surface area (Å²) in [4.78, 5) is 2.27. The Morgan fingerprint density at radius 2 is 2.12 bits per heavy atom. The summed E-state index contributed by atoms with van der Waals surface area (Å²) in [7, 11) is 1.93. The number of nitrogens with one attached hydrogen (secondary N) is 1. The predicted molar refractivity (Wildman–Crippen MR) is 67.2 cm³/mol. The second kappa shape index (κ2) is 5.53. The Kier molecular flexibility index (Phi) is 4.04. The van der Waals surface area contributed by atoms with Gasteiger partial charge in [-0.2, -0.15) is 0 Å². The van der Waals surface area contributed by atoms with Crippen LogP contribution < -0.4 is 10.2 Å². The van der Waals surface area contributed by atoms with Crippen LogP contribution >= 0.6 is 11.6 Å². The maximum atomic E-state index is 6.29. The number of benzene rings is 1. The first-order chi connectivity index (χ1) is 7.81. The summed E-state index contributed by atoms with van der Waals surface area (Å²) < 4.78 is 5.33. The Balaban J connectivity index is 2.14. The number of nitrogens with zero attached hydrogens (tertiary/aromatic N) is 1. The molecule has 16 heavy (non-hydrogen) atoms. The van der Waals surface area contributed by atoms with Gasteiger partial charge in [-0.1, -0.05) is 17.7 Å². The van der Waals surface area contributed by atoms with Crippen LogP contribution in [0.25, 0.3) is 0 Å². The molecule has 2 rings (SSSR count). The van der Waals surface area contributed by atoms with E-state index in [1.54, 1.807) is 0 Å². The molecule has 88 valence electrons. The maximum Gasteiger partial charge on any atom is 0.0642 e. The molecule has 1 aromatic rings. The SMILES string of the molecule is CNCc1ccc(N2CCOCC2)c(Cl)c1. The summed E-state index contributed by atoms with van der Waals surface area (Å²) in [5, 5.41) is 3.95. The van der Waals surface area contributed by atoms with E-state index in [0.29, 0.717) is 0 Å². The zero-order chi connectivity index (χ0) is 11.4. The van der Waals surface area contributed by atoms with Crippen molar-refractivity contribution in [1.29, 1.82) is 0 Å². The lowest BCUT2D eigenvalue weighted by atomic mass is 10.2. The number of hydrogen-bond acceptors (Lipinski definition) is 3. The van der Waals surface area contributed by atoms with Gasteiger partial charge in [0.25, 0.3) is 0 Å². The van der Waals surface area contributed by atoms with Crippen molar-refractivity contribution in [2.24, 2.45) is 0 Å². The monoisotopic (exact) mass is 240 g/mol. The van der Waals surface area contributed by atoms with Gasteiger partial charge >= 0.3 is 0 Å². The lowest BCUT2D eigenvalue weighted by molar-refractivity contribution is 0.122. The van der Waals surface area contributed by atoms with Crippen LogP contribution in [0.2, 0.25) is 5.02 Å². The van der Waals surface area contributed by atoms with Crippen LogP contribution in [0.15, 0.2) is 18.2 Å². The third kappa shape index (κ3) is 2.67. The molecule has 0 bridgehead atoms. The van der Waals surface area contributed by atoms with Crippen molar-refractivity contribution in [3.63, 3.8) is 0 Å². The van der Waals surface area contributed by atoms with Crippen LogP contribution in [-0.2, 0) is 11.3 Å². The number of hydrogen-bond donors (Lipinski definition) is 1. The second-order valence-corrected chi connectivity index (χ2v) is 4.32. The van der Waals surface area contributed by atoms with Gasteiger partial charge in [-0.25, -0.2) is 0 Å². The molecule has 1 saturated heterocycles. The fraction of sp³-hybridized carbons (Fsp3) is 0.500. The summed E-state index contributed by atoms with van der Waals surface area (Å²) in [5.74, 6) is 0. The van der Waals surface area contributed by atoms with Gasteiger partial charge in [0.15, 0.2) is 0 Å². The fourth-order valence-corrected chi connectivity index (χ4v) is 2.25. The van der Waals surface area contributed by atoms with Gasteiger partial charge in [0, 0.05) is 19.6 Å². The first-order valence-electron chi connectivity index (χ1n) is 5.57. The molecule has 1 aliphatic heterocycles. The largest absolute Gasteiger partial charge is 0.378 e. The summed E-state index contributed by atoms with van der Waals surface area (Å²) in [6, 6.07) is 6.25. The molecule has 1 aromatic carbocycles. The van der Waals surface area contributed by atoms with E-state index in [1.165, 1.54) is 5.56 Å². The molecule has 0 aliphatic carbocycles. The molecule has 4 heteroatoms. The van der Waals surface area contributed by atoms with Crippen molar-refractivity contribution in [3.8, 4) is 0 Å². The Bertz CT molecular complexity index is 351. The van der Waals surface area contributed by atoms with Crippen LogP contribution in [0, 0.1) is 0 Å². The normalized spacial score (nSPS) is 16.5. The zero-order valence-corrected chi connectivity index (χ0v) is 10.3. The molecule has 0 unspecified atom stereocenters. The average Bonchev–Trinajstić information content (AvgIpc) is 2.31. The van der Waals surface area contributed by atoms with Gasteiger partial charge in [0.2, 0.25) is 0 Å². The highest BCUT2D eigenvalue weighted by atomic mass is 35.5. The lowest BCUT2D eigenvalue weighted by Crippen LogP contribution is -2.36. The van der Waals surface area contributed by atoms with E-state index in [9.17, 15) is 0 Å². The molecule has 1 fully saturated rings. The van der Waals surface area contributed by atoms with Crippen LogP contribution in [0.3, 0.4) is 0 Å². The molecule has 1 heterocycles. The Labute approximate surface area is 101 Å². The van der Waals surface area contributed by atoms with Crippen LogP contribution in [-0.4, -0.2) is 33.4 Å². The average molecular weight is 241 g/mol.